The molecule has 2 heterocycles. The summed E-state index contributed by atoms with van der Waals surface area (Å²) < 4.78 is 8.03. The van der Waals surface area contributed by atoms with Crippen molar-refractivity contribution < 1.29 is 4.74 Å². The van der Waals surface area contributed by atoms with E-state index in [2.05, 4.69) is 39.6 Å². The van der Waals surface area contributed by atoms with Crippen LogP contribution in [0.4, 0.5) is 0 Å². The molecule has 24 heavy (non-hydrogen) atoms. The van der Waals surface area contributed by atoms with E-state index >= 15 is 0 Å². The predicted molar refractivity (Wildman–Crippen MR) is 97.6 cm³/mol. The number of aromatic nitrogens is 3. The summed E-state index contributed by atoms with van der Waals surface area (Å²) in [5.74, 6) is 2.84. The molecule has 1 aliphatic rings. The first-order valence-corrected chi connectivity index (χ1v) is 9.71. The maximum Gasteiger partial charge on any atom is 0.191 e. The van der Waals surface area contributed by atoms with Crippen molar-refractivity contribution in [2.24, 2.45) is 0 Å². The van der Waals surface area contributed by atoms with Crippen molar-refractivity contribution in [1.82, 2.24) is 19.7 Å². The van der Waals surface area contributed by atoms with Crippen molar-refractivity contribution in [3.05, 3.63) is 35.7 Å². The molecular formula is C18H26N4OS. The lowest BCUT2D eigenvalue weighted by Gasteiger charge is -2.14. The minimum Gasteiger partial charge on any atom is -0.486 e. The van der Waals surface area contributed by atoms with Gasteiger partial charge in [-0.2, -0.15) is 0 Å². The molecule has 2 aromatic rings. The molecule has 130 valence electrons. The fourth-order valence-corrected chi connectivity index (χ4v) is 4.00. The average Bonchev–Trinajstić information content (AvgIpc) is 3.22. The summed E-state index contributed by atoms with van der Waals surface area (Å²) in [7, 11) is 0. The highest BCUT2D eigenvalue weighted by Gasteiger charge is 2.14. The van der Waals surface area contributed by atoms with Crippen molar-refractivity contribution in [3.8, 4) is 5.75 Å². The SMILES string of the molecule is CCn1c(COc2cccc(C)c2)nnc1SCCN1CCCC1. The predicted octanol–water partition coefficient (Wildman–Crippen LogP) is 3.37. The Balaban J connectivity index is 1.55. The van der Waals surface area contributed by atoms with Gasteiger partial charge in [0.25, 0.3) is 0 Å². The summed E-state index contributed by atoms with van der Waals surface area (Å²) in [6.07, 6.45) is 2.69. The number of nitrogens with zero attached hydrogens (tertiary/aromatic N) is 4. The van der Waals surface area contributed by atoms with Gasteiger partial charge in [-0.15, -0.1) is 10.2 Å². The number of thioether (sulfide) groups is 1. The molecular weight excluding hydrogens is 320 g/mol. The van der Waals surface area contributed by atoms with Gasteiger partial charge in [-0.3, -0.25) is 0 Å². The van der Waals surface area contributed by atoms with Gasteiger partial charge in [0.15, 0.2) is 11.0 Å². The van der Waals surface area contributed by atoms with Crippen LogP contribution in [0.5, 0.6) is 5.75 Å². The van der Waals surface area contributed by atoms with Gasteiger partial charge >= 0.3 is 0 Å². The summed E-state index contributed by atoms with van der Waals surface area (Å²) in [6, 6.07) is 8.09. The van der Waals surface area contributed by atoms with Crippen LogP contribution in [0.25, 0.3) is 0 Å². The van der Waals surface area contributed by atoms with Gasteiger partial charge < -0.3 is 14.2 Å². The standard InChI is InChI=1S/C18H26N4OS/c1-3-22-17(14-23-16-8-6-7-15(2)13-16)19-20-18(22)24-12-11-21-9-4-5-10-21/h6-8,13H,3-5,9-12,14H2,1-2H3. The van der Waals surface area contributed by atoms with Gasteiger partial charge in [-0.1, -0.05) is 23.9 Å². The average molecular weight is 347 g/mol. The number of rotatable bonds is 8. The molecule has 0 amide bonds. The number of likely N-dealkylation sites (tertiary alicyclic amines) is 1. The Labute approximate surface area is 148 Å². The molecule has 1 aromatic carbocycles. The largest absolute Gasteiger partial charge is 0.486 e. The molecule has 0 radical (unpaired) electrons. The van der Waals surface area contributed by atoms with E-state index in [1.807, 2.05) is 18.2 Å². The van der Waals surface area contributed by atoms with Gasteiger partial charge in [0, 0.05) is 18.8 Å². The molecule has 0 spiro atoms. The second kappa shape index (κ2) is 8.53. The lowest BCUT2D eigenvalue weighted by molar-refractivity contribution is 0.288. The second-order valence-electron chi connectivity index (χ2n) is 6.15. The van der Waals surface area contributed by atoms with Crippen LogP contribution in [0.1, 0.15) is 31.2 Å². The minimum atomic E-state index is 0.455. The smallest absolute Gasteiger partial charge is 0.191 e. The molecule has 3 rings (SSSR count). The summed E-state index contributed by atoms with van der Waals surface area (Å²) in [6.45, 7) is 9.15. The molecule has 1 aliphatic heterocycles. The van der Waals surface area contributed by atoms with Crippen LogP contribution in [0.15, 0.2) is 29.4 Å². The fraction of sp³-hybridized carbons (Fsp3) is 0.556. The normalized spacial score (nSPS) is 15.1. The van der Waals surface area contributed by atoms with Crippen molar-refractivity contribution in [2.75, 3.05) is 25.4 Å². The maximum atomic E-state index is 5.87. The van der Waals surface area contributed by atoms with E-state index in [4.69, 9.17) is 4.74 Å². The topological polar surface area (TPSA) is 43.2 Å². The second-order valence-corrected chi connectivity index (χ2v) is 7.21. The number of benzene rings is 1. The van der Waals surface area contributed by atoms with Crippen molar-refractivity contribution in [1.29, 1.82) is 0 Å². The van der Waals surface area contributed by atoms with E-state index in [-0.39, 0.29) is 0 Å². The van der Waals surface area contributed by atoms with Crippen LogP contribution in [0, 0.1) is 6.92 Å². The Kier molecular flexibility index (Phi) is 6.15. The van der Waals surface area contributed by atoms with Gasteiger partial charge in [-0.05, 0) is 57.5 Å². The molecule has 5 nitrogen and oxygen atoms in total. The molecule has 0 unspecified atom stereocenters. The number of hydrogen-bond acceptors (Lipinski definition) is 5. The van der Waals surface area contributed by atoms with Crippen LogP contribution in [0.2, 0.25) is 0 Å². The molecule has 0 atom stereocenters. The summed E-state index contributed by atoms with van der Waals surface area (Å²) in [4.78, 5) is 2.53. The fourth-order valence-electron chi connectivity index (χ4n) is 2.98. The van der Waals surface area contributed by atoms with E-state index in [1.165, 1.54) is 31.5 Å². The lowest BCUT2D eigenvalue weighted by atomic mass is 10.2. The monoisotopic (exact) mass is 346 g/mol. The molecule has 6 heteroatoms. The van der Waals surface area contributed by atoms with Crippen LogP contribution >= 0.6 is 11.8 Å². The van der Waals surface area contributed by atoms with Crippen molar-refractivity contribution in [2.45, 2.75) is 45.0 Å². The first kappa shape index (κ1) is 17.3. The maximum absolute atomic E-state index is 5.87. The van der Waals surface area contributed by atoms with Crippen LogP contribution in [0.3, 0.4) is 0 Å². The minimum absolute atomic E-state index is 0.455. The highest BCUT2D eigenvalue weighted by atomic mass is 32.2. The van der Waals surface area contributed by atoms with E-state index in [1.54, 1.807) is 11.8 Å². The number of ether oxygens (including phenoxy) is 1. The lowest BCUT2D eigenvalue weighted by Crippen LogP contribution is -2.22. The molecule has 0 bridgehead atoms. The van der Waals surface area contributed by atoms with E-state index in [9.17, 15) is 0 Å². The Morgan fingerprint density at radius 1 is 1.21 bits per heavy atom. The van der Waals surface area contributed by atoms with E-state index < -0.39 is 0 Å². The molecule has 0 saturated carbocycles. The summed E-state index contributed by atoms with van der Waals surface area (Å²) in [5, 5.41) is 9.69. The quantitative estimate of drug-likeness (QED) is 0.686. The highest BCUT2D eigenvalue weighted by molar-refractivity contribution is 7.99. The van der Waals surface area contributed by atoms with E-state index in [0.717, 1.165) is 35.6 Å². The molecule has 0 aliphatic carbocycles. The third kappa shape index (κ3) is 4.51. The third-order valence-electron chi connectivity index (χ3n) is 4.30. The zero-order chi connectivity index (χ0) is 16.8. The highest BCUT2D eigenvalue weighted by Crippen LogP contribution is 2.20. The Hall–Kier alpha value is -1.53. The van der Waals surface area contributed by atoms with Gasteiger partial charge in [0.05, 0.1) is 0 Å². The summed E-state index contributed by atoms with van der Waals surface area (Å²) >= 11 is 1.80. The Morgan fingerprint density at radius 3 is 2.79 bits per heavy atom. The Bertz CT molecular complexity index is 652. The third-order valence-corrected chi connectivity index (χ3v) is 5.25. The number of aryl methyl sites for hydroxylation is 1. The zero-order valence-electron chi connectivity index (χ0n) is 14.6. The van der Waals surface area contributed by atoms with Crippen molar-refractivity contribution in [3.63, 3.8) is 0 Å². The van der Waals surface area contributed by atoms with Gasteiger partial charge in [0.2, 0.25) is 0 Å². The molecule has 0 N–H and O–H groups in total. The van der Waals surface area contributed by atoms with Crippen LogP contribution in [-0.2, 0) is 13.2 Å². The molecule has 1 fully saturated rings. The van der Waals surface area contributed by atoms with Crippen LogP contribution in [-0.4, -0.2) is 45.1 Å². The first-order chi connectivity index (χ1) is 11.8. The number of hydrogen-bond donors (Lipinski definition) is 0. The molecule has 1 aromatic heterocycles. The van der Waals surface area contributed by atoms with Crippen molar-refractivity contribution >= 4 is 11.8 Å². The summed E-state index contributed by atoms with van der Waals surface area (Å²) in [5.41, 5.74) is 1.20. The van der Waals surface area contributed by atoms with Crippen LogP contribution < -0.4 is 4.74 Å². The first-order valence-electron chi connectivity index (χ1n) is 8.73. The van der Waals surface area contributed by atoms with Gasteiger partial charge in [0.1, 0.15) is 12.4 Å². The zero-order valence-corrected chi connectivity index (χ0v) is 15.4. The van der Waals surface area contributed by atoms with E-state index in [0.29, 0.717) is 6.61 Å². The van der Waals surface area contributed by atoms with Gasteiger partial charge in [-0.25, -0.2) is 0 Å². The Morgan fingerprint density at radius 2 is 2.04 bits per heavy atom. The molecule has 1 saturated heterocycles.